The molecule has 43 heavy (non-hydrogen) atoms. The molecule has 3 saturated heterocycles. The van der Waals surface area contributed by atoms with E-state index in [-0.39, 0.29) is 58.2 Å². The summed E-state index contributed by atoms with van der Waals surface area (Å²) in [5.74, 6) is 1.27. The molecular weight excluding hydrogens is 554 g/mol. The molecule has 3 fully saturated rings. The van der Waals surface area contributed by atoms with Crippen molar-refractivity contribution in [2.75, 3.05) is 37.8 Å². The first kappa shape index (κ1) is 27.3. The second kappa shape index (κ2) is 10.6. The fraction of sp³-hybridized carbons (Fsp3) is 0.375. The lowest BCUT2D eigenvalue weighted by atomic mass is 9.83. The largest absolute Gasteiger partial charge is 0.508 e. The number of benzene rings is 2. The van der Waals surface area contributed by atoms with Gasteiger partial charge in [-0.25, -0.2) is 8.78 Å². The van der Waals surface area contributed by atoms with Gasteiger partial charge in [0.2, 0.25) is 0 Å². The number of aromatic nitrogens is 3. The van der Waals surface area contributed by atoms with Crippen molar-refractivity contribution in [3.05, 3.63) is 47.7 Å². The van der Waals surface area contributed by atoms with E-state index >= 15 is 4.39 Å². The highest BCUT2D eigenvalue weighted by atomic mass is 19.1. The van der Waals surface area contributed by atoms with Gasteiger partial charge in [-0.2, -0.15) is 15.2 Å². The van der Waals surface area contributed by atoms with E-state index in [1.165, 1.54) is 30.5 Å². The number of nitriles is 1. The van der Waals surface area contributed by atoms with Crippen LogP contribution in [0.3, 0.4) is 0 Å². The van der Waals surface area contributed by atoms with Crippen LogP contribution in [0.4, 0.5) is 14.6 Å². The van der Waals surface area contributed by atoms with E-state index in [2.05, 4.69) is 32.2 Å². The molecule has 4 aromatic rings. The van der Waals surface area contributed by atoms with Gasteiger partial charge in [-0.15, -0.1) is 6.42 Å². The highest BCUT2D eigenvalue weighted by molar-refractivity contribution is 6.03. The number of fused-ring (bicyclic) bond motifs is 4. The third kappa shape index (κ3) is 4.75. The molecule has 2 bridgehead atoms. The van der Waals surface area contributed by atoms with Crippen LogP contribution in [0.1, 0.15) is 31.2 Å². The van der Waals surface area contributed by atoms with Crippen LogP contribution in [0.15, 0.2) is 30.5 Å². The van der Waals surface area contributed by atoms with E-state index in [0.717, 1.165) is 12.8 Å². The summed E-state index contributed by atoms with van der Waals surface area (Å²) >= 11 is 0. The third-order valence-corrected chi connectivity index (χ3v) is 8.78. The first-order valence-corrected chi connectivity index (χ1v) is 14.3. The van der Waals surface area contributed by atoms with Crippen molar-refractivity contribution >= 4 is 27.5 Å². The van der Waals surface area contributed by atoms with Crippen molar-refractivity contribution in [3.63, 3.8) is 0 Å². The van der Waals surface area contributed by atoms with Crippen LogP contribution in [0.25, 0.3) is 32.9 Å². The Bertz CT molecular complexity index is 1830. The maximum Gasteiger partial charge on any atom is 0.319 e. The predicted molar refractivity (Wildman–Crippen MR) is 156 cm³/mol. The smallest absolute Gasteiger partial charge is 0.319 e. The third-order valence-electron chi connectivity index (χ3n) is 8.78. The Morgan fingerprint density at radius 2 is 1.93 bits per heavy atom. The number of halogens is 2. The molecule has 2 aromatic heterocycles. The molecule has 5 heterocycles. The predicted octanol–water partition coefficient (Wildman–Crippen LogP) is 4.45. The molecule has 3 aliphatic rings. The average Bonchev–Trinajstić information content (AvgIpc) is 3.37. The molecule has 9 nitrogen and oxygen atoms in total. The summed E-state index contributed by atoms with van der Waals surface area (Å²) in [4.78, 5) is 15.7. The van der Waals surface area contributed by atoms with Crippen molar-refractivity contribution in [1.82, 2.24) is 20.3 Å². The van der Waals surface area contributed by atoms with Crippen LogP contribution in [0.2, 0.25) is 0 Å². The summed E-state index contributed by atoms with van der Waals surface area (Å²) in [5, 5.41) is 25.1. The van der Waals surface area contributed by atoms with Crippen LogP contribution in [-0.2, 0) is 4.74 Å². The van der Waals surface area contributed by atoms with Gasteiger partial charge in [-0.3, -0.25) is 4.98 Å². The summed E-state index contributed by atoms with van der Waals surface area (Å²) in [6.45, 7) is 2.28. The van der Waals surface area contributed by atoms with Gasteiger partial charge in [0.25, 0.3) is 0 Å². The van der Waals surface area contributed by atoms with Crippen LogP contribution in [0, 0.1) is 40.7 Å². The molecule has 2 N–H and O–H groups in total. The lowest BCUT2D eigenvalue weighted by molar-refractivity contribution is 0.0174. The molecule has 0 unspecified atom stereocenters. The molecule has 2 atom stereocenters. The molecule has 0 radical (unpaired) electrons. The summed E-state index contributed by atoms with van der Waals surface area (Å²) in [5.41, 5.74) is -0.872. The van der Waals surface area contributed by atoms with Gasteiger partial charge in [0, 0.05) is 55.5 Å². The summed E-state index contributed by atoms with van der Waals surface area (Å²) in [6.07, 6.45) is 10.2. The van der Waals surface area contributed by atoms with Gasteiger partial charge in [0.15, 0.2) is 5.82 Å². The number of nitrogens with one attached hydrogen (secondary N) is 1. The molecule has 0 saturated carbocycles. The van der Waals surface area contributed by atoms with E-state index in [1.54, 1.807) is 0 Å². The van der Waals surface area contributed by atoms with E-state index in [0.29, 0.717) is 55.7 Å². The van der Waals surface area contributed by atoms with Gasteiger partial charge >= 0.3 is 6.01 Å². The summed E-state index contributed by atoms with van der Waals surface area (Å²) in [7, 11) is 0. The Morgan fingerprint density at radius 3 is 2.65 bits per heavy atom. The van der Waals surface area contributed by atoms with Crippen LogP contribution >= 0.6 is 0 Å². The topological polar surface area (TPSA) is 116 Å². The van der Waals surface area contributed by atoms with E-state index in [9.17, 15) is 14.8 Å². The molecule has 3 aliphatic heterocycles. The number of pyridine rings is 1. The molecule has 0 amide bonds. The van der Waals surface area contributed by atoms with Gasteiger partial charge in [-0.1, -0.05) is 12.0 Å². The highest BCUT2D eigenvalue weighted by Gasteiger charge is 2.36. The minimum atomic E-state index is -0.788. The Balaban J connectivity index is 1.39. The normalized spacial score (nSPS) is 21.1. The maximum absolute atomic E-state index is 16.6. The Hall–Kier alpha value is -4.58. The number of phenols is 1. The fourth-order valence-electron chi connectivity index (χ4n) is 6.49. The molecule has 7 rings (SSSR count). The fourth-order valence-corrected chi connectivity index (χ4v) is 6.49. The van der Waals surface area contributed by atoms with Gasteiger partial charge in [0.1, 0.15) is 35.2 Å². The first-order chi connectivity index (χ1) is 20.9. The van der Waals surface area contributed by atoms with Crippen LogP contribution in [0.5, 0.6) is 11.8 Å². The number of terminal acetylenes is 1. The minimum absolute atomic E-state index is 0.0339. The van der Waals surface area contributed by atoms with Crippen molar-refractivity contribution < 1.29 is 23.4 Å². The Kier molecular flexibility index (Phi) is 6.72. The summed E-state index contributed by atoms with van der Waals surface area (Å²) < 4.78 is 42.9. The highest BCUT2D eigenvalue weighted by Crippen LogP contribution is 2.39. The van der Waals surface area contributed by atoms with Crippen LogP contribution in [-0.4, -0.2) is 65.1 Å². The molecule has 2 aromatic carbocycles. The molecule has 11 heteroatoms. The molecule has 218 valence electrons. The van der Waals surface area contributed by atoms with E-state index < -0.39 is 17.0 Å². The van der Waals surface area contributed by atoms with Crippen molar-refractivity contribution in [2.45, 2.75) is 37.8 Å². The molecule has 0 aliphatic carbocycles. The monoisotopic (exact) mass is 582 g/mol. The van der Waals surface area contributed by atoms with E-state index in [4.69, 9.17) is 20.9 Å². The molecule has 0 spiro atoms. The number of ether oxygens (including phenoxy) is 2. The van der Waals surface area contributed by atoms with Gasteiger partial charge in [-0.05, 0) is 49.3 Å². The zero-order valence-electron chi connectivity index (χ0n) is 23.2. The number of nitrogens with zero attached hydrogens (tertiary/aromatic N) is 5. The zero-order chi connectivity index (χ0) is 29.7. The number of anilines is 1. The lowest BCUT2D eigenvalue weighted by Crippen LogP contribution is -2.51. The SMILES string of the molecule is C#Cc1c(F)ccc2cc(O)cc(-c3ncc4c(N5C[C@H]6CC[C@@H](C5)N6)nc(OCC5(C#N)CCOCC5)nc4c3F)c12. The maximum atomic E-state index is 16.6. The van der Waals surface area contributed by atoms with Crippen molar-refractivity contribution in [3.8, 4) is 41.4 Å². The van der Waals surface area contributed by atoms with Gasteiger partial charge < -0.3 is 24.8 Å². The molecular formula is C32H28F2N6O3. The van der Waals surface area contributed by atoms with Crippen molar-refractivity contribution in [2.24, 2.45) is 5.41 Å². The van der Waals surface area contributed by atoms with Crippen LogP contribution < -0.4 is 15.0 Å². The van der Waals surface area contributed by atoms with Gasteiger partial charge in [0.05, 0.1) is 22.4 Å². The average molecular weight is 583 g/mol. The number of hydrogen-bond acceptors (Lipinski definition) is 9. The number of aromatic hydroxyl groups is 1. The number of hydrogen-bond donors (Lipinski definition) is 2. The Morgan fingerprint density at radius 1 is 1.16 bits per heavy atom. The first-order valence-electron chi connectivity index (χ1n) is 14.3. The number of phenolic OH excluding ortho intramolecular Hbond substituents is 1. The number of rotatable bonds is 5. The quantitative estimate of drug-likeness (QED) is 0.329. The Labute approximate surface area is 246 Å². The van der Waals surface area contributed by atoms with E-state index in [1.807, 2.05) is 0 Å². The second-order valence-corrected chi connectivity index (χ2v) is 11.5. The second-order valence-electron chi connectivity index (χ2n) is 11.5. The zero-order valence-corrected chi connectivity index (χ0v) is 23.2. The van der Waals surface area contributed by atoms with Crippen molar-refractivity contribution in [1.29, 1.82) is 5.26 Å². The number of piperazine rings is 1. The standard InChI is InChI=1S/C32H28F2N6O3/c1-2-22-25(33)6-3-18-11-21(41)12-23(26(18)22)28-27(34)29-24(13-36-28)30(40-14-19-4-5-20(15-40)37-19)39-31(38-29)43-17-32(16-35)7-9-42-10-8-32/h1,3,6,11-13,19-20,37,41H,4-5,7-10,14-15,17H2/t19-,20+. The minimum Gasteiger partial charge on any atom is -0.508 e. The summed E-state index contributed by atoms with van der Waals surface area (Å²) in [6, 6.07) is 8.31. The lowest BCUT2D eigenvalue weighted by Gasteiger charge is -2.34.